The van der Waals surface area contributed by atoms with E-state index >= 15 is 0 Å². The van der Waals surface area contributed by atoms with Crippen LogP contribution >= 0.6 is 0 Å². The summed E-state index contributed by atoms with van der Waals surface area (Å²) in [6.07, 6.45) is 1.67. The minimum absolute atomic E-state index is 0.0513. The summed E-state index contributed by atoms with van der Waals surface area (Å²) in [7, 11) is 2.15. The van der Waals surface area contributed by atoms with Crippen molar-refractivity contribution >= 4 is 17.3 Å². The minimum atomic E-state index is 0.0513. The zero-order valence-electron chi connectivity index (χ0n) is 12.0. The molecule has 104 valence electrons. The second kappa shape index (κ2) is 6.06. The summed E-state index contributed by atoms with van der Waals surface area (Å²) >= 11 is 0. The maximum atomic E-state index is 11.4. The third kappa shape index (κ3) is 3.70. The van der Waals surface area contributed by atoms with Gasteiger partial charge in [0.05, 0.1) is 0 Å². The third-order valence-corrected chi connectivity index (χ3v) is 3.59. The topological polar surface area (TPSA) is 44.4 Å². The van der Waals surface area contributed by atoms with E-state index in [1.165, 1.54) is 12.0 Å². The van der Waals surface area contributed by atoms with Crippen LogP contribution in [0.2, 0.25) is 0 Å². The highest BCUT2D eigenvalue weighted by Gasteiger charge is 2.19. The van der Waals surface area contributed by atoms with Crippen LogP contribution in [0.15, 0.2) is 18.2 Å². The predicted octanol–water partition coefficient (Wildman–Crippen LogP) is 2.46. The number of nitrogens with zero attached hydrogens (tertiary/aromatic N) is 1. The molecule has 2 N–H and O–H groups in total. The third-order valence-electron chi connectivity index (χ3n) is 3.59. The second-order valence-corrected chi connectivity index (χ2v) is 5.32. The lowest BCUT2D eigenvalue weighted by Crippen LogP contribution is -2.24. The number of amides is 1. The molecule has 1 aliphatic heterocycles. The van der Waals surface area contributed by atoms with Gasteiger partial charge >= 0.3 is 0 Å². The van der Waals surface area contributed by atoms with E-state index in [0.717, 1.165) is 24.5 Å². The first-order valence-electron chi connectivity index (χ1n) is 6.94. The summed E-state index contributed by atoms with van der Waals surface area (Å²) in [6, 6.07) is 6.53. The molecule has 1 atom stereocenters. The molecule has 0 aliphatic carbocycles. The molecule has 1 aromatic rings. The van der Waals surface area contributed by atoms with Crippen LogP contribution in [0.4, 0.5) is 11.4 Å². The van der Waals surface area contributed by atoms with Gasteiger partial charge in [-0.15, -0.1) is 0 Å². The van der Waals surface area contributed by atoms with Gasteiger partial charge in [-0.2, -0.15) is 0 Å². The van der Waals surface area contributed by atoms with E-state index in [2.05, 4.69) is 29.5 Å². The Morgan fingerprint density at radius 3 is 2.89 bits per heavy atom. The summed E-state index contributed by atoms with van der Waals surface area (Å²) in [6.45, 7) is 6.16. The van der Waals surface area contributed by atoms with Gasteiger partial charge < -0.3 is 15.5 Å². The van der Waals surface area contributed by atoms with Gasteiger partial charge in [0.2, 0.25) is 5.91 Å². The number of aryl methyl sites for hydroxylation is 1. The lowest BCUT2D eigenvalue weighted by Gasteiger charge is -2.17. The monoisotopic (exact) mass is 261 g/mol. The first-order chi connectivity index (χ1) is 9.08. The Morgan fingerprint density at radius 2 is 2.26 bits per heavy atom. The highest BCUT2D eigenvalue weighted by Crippen LogP contribution is 2.23. The van der Waals surface area contributed by atoms with Gasteiger partial charge in [-0.25, -0.2) is 0 Å². The van der Waals surface area contributed by atoms with Crippen LogP contribution in [0, 0.1) is 6.92 Å². The Morgan fingerprint density at radius 1 is 1.47 bits per heavy atom. The van der Waals surface area contributed by atoms with Gasteiger partial charge in [0, 0.05) is 30.4 Å². The van der Waals surface area contributed by atoms with Crippen LogP contribution in [0.25, 0.3) is 0 Å². The number of likely N-dealkylation sites (N-methyl/N-ethyl adjacent to an activating group) is 1. The quantitative estimate of drug-likeness (QED) is 0.875. The molecule has 1 unspecified atom stereocenters. The molecule has 0 radical (unpaired) electrons. The Balaban J connectivity index is 2.06. The van der Waals surface area contributed by atoms with Crippen LogP contribution in [-0.4, -0.2) is 37.0 Å². The van der Waals surface area contributed by atoms with Gasteiger partial charge in [0.1, 0.15) is 0 Å². The maximum Gasteiger partial charge on any atom is 0.224 e. The van der Waals surface area contributed by atoms with Crippen molar-refractivity contribution in [2.24, 2.45) is 0 Å². The fraction of sp³-hybridized carbons (Fsp3) is 0.533. The number of nitrogens with one attached hydrogen (secondary N) is 2. The fourth-order valence-corrected chi connectivity index (χ4v) is 2.38. The molecule has 1 saturated heterocycles. The number of anilines is 2. The largest absolute Gasteiger partial charge is 0.381 e. The number of benzene rings is 1. The van der Waals surface area contributed by atoms with Crippen molar-refractivity contribution in [1.82, 2.24) is 4.90 Å². The number of hydrogen-bond acceptors (Lipinski definition) is 3. The normalized spacial score (nSPS) is 19.4. The van der Waals surface area contributed by atoms with Crippen LogP contribution < -0.4 is 10.6 Å². The molecular weight excluding hydrogens is 238 g/mol. The summed E-state index contributed by atoms with van der Waals surface area (Å²) < 4.78 is 0. The van der Waals surface area contributed by atoms with E-state index in [1.54, 1.807) is 0 Å². The molecule has 4 heteroatoms. The molecule has 1 fully saturated rings. The molecule has 2 rings (SSSR count). The SMILES string of the molecule is CCC(=O)Nc1ccc(C)c(NC2CCN(C)C2)c1. The van der Waals surface area contributed by atoms with Crippen molar-refractivity contribution in [2.75, 3.05) is 30.8 Å². The minimum Gasteiger partial charge on any atom is -0.381 e. The van der Waals surface area contributed by atoms with Gasteiger partial charge in [0.25, 0.3) is 0 Å². The highest BCUT2D eigenvalue weighted by atomic mass is 16.1. The average Bonchev–Trinajstić information content (AvgIpc) is 2.79. The van der Waals surface area contributed by atoms with Gasteiger partial charge in [-0.3, -0.25) is 4.79 Å². The van der Waals surface area contributed by atoms with E-state index < -0.39 is 0 Å². The van der Waals surface area contributed by atoms with E-state index in [0.29, 0.717) is 12.5 Å². The Bertz CT molecular complexity index is 459. The van der Waals surface area contributed by atoms with Crippen molar-refractivity contribution < 1.29 is 4.79 Å². The summed E-state index contributed by atoms with van der Waals surface area (Å²) in [5.74, 6) is 0.0513. The van der Waals surface area contributed by atoms with Gasteiger partial charge in [-0.05, 0) is 44.6 Å². The zero-order chi connectivity index (χ0) is 13.8. The van der Waals surface area contributed by atoms with E-state index in [1.807, 2.05) is 25.1 Å². The smallest absolute Gasteiger partial charge is 0.224 e. The maximum absolute atomic E-state index is 11.4. The van der Waals surface area contributed by atoms with Crippen LogP contribution in [0.3, 0.4) is 0 Å². The Labute approximate surface area is 115 Å². The Kier molecular flexibility index (Phi) is 4.43. The van der Waals surface area contributed by atoms with E-state index in [9.17, 15) is 4.79 Å². The molecule has 1 heterocycles. The summed E-state index contributed by atoms with van der Waals surface area (Å²) in [5, 5.41) is 6.48. The van der Waals surface area contributed by atoms with Crippen molar-refractivity contribution in [1.29, 1.82) is 0 Å². The average molecular weight is 261 g/mol. The highest BCUT2D eigenvalue weighted by molar-refractivity contribution is 5.91. The van der Waals surface area contributed by atoms with Gasteiger partial charge in [0.15, 0.2) is 0 Å². The van der Waals surface area contributed by atoms with Crippen molar-refractivity contribution in [3.63, 3.8) is 0 Å². The molecule has 4 nitrogen and oxygen atoms in total. The molecule has 1 aromatic carbocycles. The number of likely N-dealkylation sites (tertiary alicyclic amines) is 1. The first kappa shape index (κ1) is 13.9. The fourth-order valence-electron chi connectivity index (χ4n) is 2.38. The molecule has 1 aliphatic rings. The first-order valence-corrected chi connectivity index (χ1v) is 6.94. The van der Waals surface area contributed by atoms with Crippen molar-refractivity contribution in [3.05, 3.63) is 23.8 Å². The van der Waals surface area contributed by atoms with Crippen molar-refractivity contribution in [2.45, 2.75) is 32.7 Å². The molecular formula is C15H23N3O. The molecule has 0 bridgehead atoms. The van der Waals surface area contributed by atoms with Crippen LogP contribution in [0.1, 0.15) is 25.3 Å². The predicted molar refractivity (Wildman–Crippen MR) is 79.6 cm³/mol. The second-order valence-electron chi connectivity index (χ2n) is 5.32. The molecule has 0 saturated carbocycles. The summed E-state index contributed by atoms with van der Waals surface area (Å²) in [5.41, 5.74) is 3.20. The van der Waals surface area contributed by atoms with Crippen molar-refractivity contribution in [3.8, 4) is 0 Å². The van der Waals surface area contributed by atoms with E-state index in [4.69, 9.17) is 0 Å². The summed E-state index contributed by atoms with van der Waals surface area (Å²) in [4.78, 5) is 13.8. The van der Waals surface area contributed by atoms with Crippen LogP contribution in [0.5, 0.6) is 0 Å². The molecule has 19 heavy (non-hydrogen) atoms. The zero-order valence-corrected chi connectivity index (χ0v) is 12.0. The molecule has 0 aromatic heterocycles. The number of carbonyl (C=O) groups is 1. The molecule has 1 amide bonds. The van der Waals surface area contributed by atoms with Gasteiger partial charge in [-0.1, -0.05) is 13.0 Å². The number of carbonyl (C=O) groups excluding carboxylic acids is 1. The molecule has 0 spiro atoms. The number of rotatable bonds is 4. The lowest BCUT2D eigenvalue weighted by molar-refractivity contribution is -0.115. The lowest BCUT2D eigenvalue weighted by atomic mass is 10.1. The van der Waals surface area contributed by atoms with Crippen LogP contribution in [-0.2, 0) is 4.79 Å². The number of hydrogen-bond donors (Lipinski definition) is 2. The van der Waals surface area contributed by atoms with E-state index in [-0.39, 0.29) is 5.91 Å². The standard InChI is InChI=1S/C15H23N3O/c1-4-15(19)17-12-6-5-11(2)14(9-12)16-13-7-8-18(3)10-13/h5-6,9,13,16H,4,7-8,10H2,1-3H3,(H,17,19). The Hall–Kier alpha value is -1.55.